The second-order valence-corrected chi connectivity index (χ2v) is 11.1. The molecule has 1 unspecified atom stereocenters. The fraction of sp³-hybridized carbons (Fsp3) is 0.296. The van der Waals surface area contributed by atoms with Gasteiger partial charge in [0.2, 0.25) is 5.91 Å². The minimum absolute atomic E-state index is 0.114. The van der Waals surface area contributed by atoms with Gasteiger partial charge in [0.1, 0.15) is 6.54 Å². The van der Waals surface area contributed by atoms with E-state index in [1.165, 1.54) is 5.56 Å². The zero-order valence-electron chi connectivity index (χ0n) is 20.4. The third-order valence-corrected chi connectivity index (χ3v) is 8.31. The number of carbonyl (C=O) groups is 1. The number of hydrogen-bond donors (Lipinski definition) is 1. The summed E-state index contributed by atoms with van der Waals surface area (Å²) in [4.78, 5) is 13.3. The molecule has 3 rings (SSSR count). The van der Waals surface area contributed by atoms with Crippen LogP contribution < -0.4 is 9.62 Å². The highest BCUT2D eigenvalue weighted by Crippen LogP contribution is 2.31. The first-order valence-electron chi connectivity index (χ1n) is 11.1. The molecule has 34 heavy (non-hydrogen) atoms. The van der Waals surface area contributed by atoms with Crippen molar-refractivity contribution in [1.82, 2.24) is 5.32 Å². The maximum Gasteiger partial charge on any atom is 0.264 e. The van der Waals surface area contributed by atoms with E-state index >= 15 is 0 Å². The van der Waals surface area contributed by atoms with Crippen molar-refractivity contribution in [3.05, 3.63) is 93.0 Å². The summed E-state index contributed by atoms with van der Waals surface area (Å²) in [5.41, 5.74) is 6.31. The molecular formula is C27H31ClN2O3S. The normalized spacial score (nSPS) is 12.3. The summed E-state index contributed by atoms with van der Waals surface area (Å²) in [6.07, 6.45) is 0. The Hall–Kier alpha value is -2.83. The highest BCUT2D eigenvalue weighted by Gasteiger charge is 2.29. The van der Waals surface area contributed by atoms with Gasteiger partial charge in [-0.2, -0.15) is 0 Å². The Morgan fingerprint density at radius 2 is 1.56 bits per heavy atom. The summed E-state index contributed by atoms with van der Waals surface area (Å²) in [7, 11) is -4.01. The molecule has 0 aliphatic rings. The number of amides is 1. The maximum absolute atomic E-state index is 13.6. The van der Waals surface area contributed by atoms with Crippen molar-refractivity contribution < 1.29 is 13.2 Å². The average Bonchev–Trinajstić information content (AvgIpc) is 2.77. The molecular weight excluding hydrogens is 468 g/mol. The number of carbonyl (C=O) groups excluding carboxylic acids is 1. The molecule has 3 aromatic rings. The topological polar surface area (TPSA) is 66.5 Å². The SMILES string of the molecule is Cc1ccc(S(=O)(=O)N(CC(=O)NC(C)c2cc(C)c(C)cc2C)c2cccc(Cl)c2C)cc1. The van der Waals surface area contributed by atoms with Crippen molar-refractivity contribution in [2.45, 2.75) is 52.5 Å². The minimum atomic E-state index is -4.01. The zero-order chi connectivity index (χ0) is 25.2. The van der Waals surface area contributed by atoms with E-state index in [4.69, 9.17) is 11.6 Å². The fourth-order valence-electron chi connectivity index (χ4n) is 3.95. The summed E-state index contributed by atoms with van der Waals surface area (Å²) in [6, 6.07) is 15.5. The molecule has 0 saturated carbocycles. The molecule has 0 spiro atoms. The second-order valence-electron chi connectivity index (χ2n) is 8.79. The van der Waals surface area contributed by atoms with Gasteiger partial charge >= 0.3 is 0 Å². The Morgan fingerprint density at radius 3 is 2.21 bits per heavy atom. The van der Waals surface area contributed by atoms with Crippen molar-refractivity contribution in [3.63, 3.8) is 0 Å². The quantitative estimate of drug-likeness (QED) is 0.437. The first kappa shape index (κ1) is 25.8. The lowest BCUT2D eigenvalue weighted by molar-refractivity contribution is -0.120. The van der Waals surface area contributed by atoms with Gasteiger partial charge in [-0.25, -0.2) is 8.42 Å². The van der Waals surface area contributed by atoms with E-state index in [1.54, 1.807) is 49.4 Å². The summed E-state index contributed by atoms with van der Waals surface area (Å²) in [6.45, 7) is 11.3. The van der Waals surface area contributed by atoms with Crippen LogP contribution in [0.3, 0.4) is 0 Å². The first-order valence-corrected chi connectivity index (χ1v) is 12.9. The molecule has 0 heterocycles. The van der Waals surface area contributed by atoms with Crippen LogP contribution in [0.4, 0.5) is 5.69 Å². The molecule has 0 saturated heterocycles. The molecule has 3 aromatic carbocycles. The zero-order valence-corrected chi connectivity index (χ0v) is 22.0. The number of nitrogens with zero attached hydrogens (tertiary/aromatic N) is 1. The van der Waals surface area contributed by atoms with Crippen LogP contribution in [0.5, 0.6) is 0 Å². The molecule has 0 aliphatic carbocycles. The van der Waals surface area contributed by atoms with Crippen molar-refractivity contribution in [3.8, 4) is 0 Å². The van der Waals surface area contributed by atoms with Crippen LogP contribution in [-0.2, 0) is 14.8 Å². The summed E-state index contributed by atoms with van der Waals surface area (Å²) in [5, 5.41) is 3.40. The molecule has 1 atom stereocenters. The van der Waals surface area contributed by atoms with E-state index in [2.05, 4.69) is 24.4 Å². The second kappa shape index (κ2) is 10.2. The number of benzene rings is 3. The molecule has 0 aromatic heterocycles. The number of anilines is 1. The van der Waals surface area contributed by atoms with Gasteiger partial charge in [0.15, 0.2) is 0 Å². The van der Waals surface area contributed by atoms with E-state index in [-0.39, 0.29) is 17.5 Å². The molecule has 0 fully saturated rings. The van der Waals surface area contributed by atoms with Crippen LogP contribution in [0, 0.1) is 34.6 Å². The molecule has 180 valence electrons. The van der Waals surface area contributed by atoms with Crippen molar-refractivity contribution in [2.75, 3.05) is 10.8 Å². The first-order chi connectivity index (χ1) is 15.9. The number of aryl methyl sites for hydroxylation is 4. The largest absolute Gasteiger partial charge is 0.348 e. The molecule has 1 amide bonds. The van der Waals surface area contributed by atoms with Crippen LogP contribution in [0.1, 0.15) is 46.3 Å². The van der Waals surface area contributed by atoms with Gasteiger partial charge in [-0.15, -0.1) is 0 Å². The number of nitrogens with one attached hydrogen (secondary N) is 1. The van der Waals surface area contributed by atoms with E-state index in [1.807, 2.05) is 27.7 Å². The van der Waals surface area contributed by atoms with Gasteiger partial charge in [0, 0.05) is 5.02 Å². The lowest BCUT2D eigenvalue weighted by atomic mass is 9.96. The van der Waals surface area contributed by atoms with Gasteiger partial charge in [0.05, 0.1) is 16.6 Å². The highest BCUT2D eigenvalue weighted by molar-refractivity contribution is 7.92. The molecule has 7 heteroatoms. The lowest BCUT2D eigenvalue weighted by Gasteiger charge is -2.27. The predicted octanol–water partition coefficient (Wildman–Crippen LogP) is 5.95. The van der Waals surface area contributed by atoms with Crippen LogP contribution in [0.25, 0.3) is 0 Å². The number of halogens is 1. The Balaban J connectivity index is 1.96. The Kier molecular flexibility index (Phi) is 7.74. The predicted molar refractivity (Wildman–Crippen MR) is 139 cm³/mol. The third kappa shape index (κ3) is 5.45. The van der Waals surface area contributed by atoms with Gasteiger partial charge in [-0.05, 0) is 93.6 Å². The van der Waals surface area contributed by atoms with Crippen LogP contribution in [0.2, 0.25) is 5.02 Å². The van der Waals surface area contributed by atoms with E-state index in [9.17, 15) is 13.2 Å². The molecule has 0 aliphatic heterocycles. The van der Waals surface area contributed by atoms with Gasteiger partial charge < -0.3 is 5.32 Å². The smallest absolute Gasteiger partial charge is 0.264 e. The highest BCUT2D eigenvalue weighted by atomic mass is 35.5. The summed E-state index contributed by atoms with van der Waals surface area (Å²) >= 11 is 6.30. The molecule has 0 radical (unpaired) electrons. The van der Waals surface area contributed by atoms with Crippen LogP contribution in [-0.4, -0.2) is 20.9 Å². The van der Waals surface area contributed by atoms with E-state index < -0.39 is 15.9 Å². The summed E-state index contributed by atoms with van der Waals surface area (Å²) < 4.78 is 28.4. The standard InChI is InChI=1S/C27H31ClN2O3S/c1-17-10-12-23(13-11-17)34(32,33)30(26-9-7-8-25(28)21(26)5)16-27(31)29-22(6)24-15-19(3)18(2)14-20(24)4/h7-15,22H,16H2,1-6H3,(H,29,31). The molecule has 0 bridgehead atoms. The summed E-state index contributed by atoms with van der Waals surface area (Å²) in [5.74, 6) is -0.403. The Labute approximate surface area is 207 Å². The van der Waals surface area contributed by atoms with Crippen molar-refractivity contribution >= 4 is 33.2 Å². The van der Waals surface area contributed by atoms with Crippen LogP contribution >= 0.6 is 11.6 Å². The number of sulfonamides is 1. The van der Waals surface area contributed by atoms with Crippen LogP contribution in [0.15, 0.2) is 59.5 Å². The van der Waals surface area contributed by atoms with Crippen molar-refractivity contribution in [2.24, 2.45) is 0 Å². The Bertz CT molecular complexity index is 1320. The van der Waals surface area contributed by atoms with Gasteiger partial charge in [0.25, 0.3) is 10.0 Å². The molecule has 1 N–H and O–H groups in total. The fourth-order valence-corrected chi connectivity index (χ4v) is 5.60. The van der Waals surface area contributed by atoms with Gasteiger partial charge in [-0.1, -0.05) is 47.5 Å². The van der Waals surface area contributed by atoms with Gasteiger partial charge in [-0.3, -0.25) is 9.10 Å². The average molecular weight is 499 g/mol. The lowest BCUT2D eigenvalue weighted by Crippen LogP contribution is -2.42. The third-order valence-electron chi connectivity index (χ3n) is 6.13. The molecule has 5 nitrogen and oxygen atoms in total. The Morgan fingerprint density at radius 1 is 0.941 bits per heavy atom. The number of hydrogen-bond acceptors (Lipinski definition) is 3. The van der Waals surface area contributed by atoms with Crippen molar-refractivity contribution in [1.29, 1.82) is 0 Å². The van der Waals surface area contributed by atoms with E-state index in [0.717, 1.165) is 26.6 Å². The number of rotatable bonds is 7. The monoisotopic (exact) mass is 498 g/mol. The maximum atomic E-state index is 13.6. The van der Waals surface area contributed by atoms with E-state index in [0.29, 0.717) is 16.3 Å². The minimum Gasteiger partial charge on any atom is -0.348 e.